The molecule has 15 heteroatoms. The van der Waals surface area contributed by atoms with E-state index in [2.05, 4.69) is 4.74 Å². The molecule has 2 heterocycles. The molecule has 2 aliphatic heterocycles. The lowest BCUT2D eigenvalue weighted by Crippen LogP contribution is -2.45. The van der Waals surface area contributed by atoms with E-state index in [-0.39, 0.29) is 40.6 Å². The molecule has 0 saturated carbocycles. The number of esters is 1. The van der Waals surface area contributed by atoms with Crippen LogP contribution in [0.25, 0.3) is 0 Å². The first-order valence-corrected chi connectivity index (χ1v) is 15.9. The van der Waals surface area contributed by atoms with Crippen molar-refractivity contribution in [3.8, 4) is 5.75 Å². The zero-order valence-corrected chi connectivity index (χ0v) is 24.0. The van der Waals surface area contributed by atoms with Gasteiger partial charge in [0.05, 0.1) is 29.3 Å². The number of sulfonamides is 2. The van der Waals surface area contributed by atoms with Crippen molar-refractivity contribution in [3.05, 3.63) is 53.8 Å². The molecular formula is C26H30F4N2O7S2. The first-order chi connectivity index (χ1) is 19.0. The minimum atomic E-state index is -4.80. The number of halogens is 4. The van der Waals surface area contributed by atoms with E-state index in [0.717, 1.165) is 41.4 Å². The summed E-state index contributed by atoms with van der Waals surface area (Å²) in [6, 6.07) is 8.13. The topological polar surface area (TPSA) is 110 Å². The van der Waals surface area contributed by atoms with Crippen LogP contribution >= 0.6 is 0 Å². The third-order valence-corrected chi connectivity index (χ3v) is 10.6. The second-order valence-electron chi connectivity index (χ2n) is 10.4. The van der Waals surface area contributed by atoms with Gasteiger partial charge in [-0.3, -0.25) is 9.10 Å². The highest BCUT2D eigenvalue weighted by Crippen LogP contribution is 2.39. The number of rotatable bonds is 9. The maximum absolute atomic E-state index is 13.7. The molecule has 2 aromatic rings. The Bertz CT molecular complexity index is 1490. The van der Waals surface area contributed by atoms with Crippen molar-refractivity contribution in [1.29, 1.82) is 0 Å². The van der Waals surface area contributed by atoms with E-state index in [4.69, 9.17) is 4.74 Å². The summed E-state index contributed by atoms with van der Waals surface area (Å²) < 4.78 is 119. The van der Waals surface area contributed by atoms with Crippen LogP contribution in [-0.4, -0.2) is 70.4 Å². The van der Waals surface area contributed by atoms with Crippen LogP contribution in [0.5, 0.6) is 5.75 Å². The Kier molecular flexibility index (Phi) is 8.63. The molecule has 0 N–H and O–H groups in total. The molecule has 41 heavy (non-hydrogen) atoms. The molecule has 0 aliphatic carbocycles. The summed E-state index contributed by atoms with van der Waals surface area (Å²) in [5.74, 6) is -2.03. The van der Waals surface area contributed by atoms with Crippen LogP contribution < -0.4 is 9.04 Å². The van der Waals surface area contributed by atoms with E-state index in [0.29, 0.717) is 26.9 Å². The summed E-state index contributed by atoms with van der Waals surface area (Å²) in [5, 5.41) is 0. The Morgan fingerprint density at radius 2 is 1.66 bits per heavy atom. The molecule has 0 amide bonds. The molecule has 226 valence electrons. The fraction of sp³-hybridized carbons (Fsp3) is 0.500. The van der Waals surface area contributed by atoms with Crippen molar-refractivity contribution < 1.29 is 48.7 Å². The van der Waals surface area contributed by atoms with Crippen LogP contribution in [-0.2, 0) is 36.0 Å². The number of nitrogens with zero attached hydrogens (tertiary/aromatic N) is 2. The average molecular weight is 623 g/mol. The van der Waals surface area contributed by atoms with E-state index >= 15 is 0 Å². The van der Waals surface area contributed by atoms with Gasteiger partial charge in [-0.2, -0.15) is 13.2 Å². The van der Waals surface area contributed by atoms with E-state index in [1.165, 1.54) is 22.5 Å². The Morgan fingerprint density at radius 1 is 1.02 bits per heavy atom. The van der Waals surface area contributed by atoms with Crippen LogP contribution in [0.3, 0.4) is 0 Å². The maximum atomic E-state index is 13.7. The van der Waals surface area contributed by atoms with Gasteiger partial charge in [-0.25, -0.2) is 25.5 Å². The Balaban J connectivity index is 1.62. The van der Waals surface area contributed by atoms with Crippen molar-refractivity contribution in [2.24, 2.45) is 0 Å². The number of benzene rings is 2. The second-order valence-corrected chi connectivity index (χ2v) is 14.4. The minimum Gasteiger partial charge on any atom is -0.486 e. The summed E-state index contributed by atoms with van der Waals surface area (Å²) >= 11 is 0. The first-order valence-electron chi connectivity index (χ1n) is 12.8. The van der Waals surface area contributed by atoms with Crippen LogP contribution in [0.2, 0.25) is 0 Å². The number of anilines is 1. The predicted molar refractivity (Wildman–Crippen MR) is 141 cm³/mol. The predicted octanol–water partition coefficient (Wildman–Crippen LogP) is 4.02. The van der Waals surface area contributed by atoms with Gasteiger partial charge in [-0.05, 0) is 68.7 Å². The molecule has 0 aromatic heterocycles. The molecule has 2 aromatic carbocycles. The Morgan fingerprint density at radius 3 is 2.27 bits per heavy atom. The summed E-state index contributed by atoms with van der Waals surface area (Å²) in [7, 11) is -7.91. The minimum absolute atomic E-state index is 0.00615. The number of hydrogen-bond donors (Lipinski definition) is 0. The van der Waals surface area contributed by atoms with Gasteiger partial charge in [-0.1, -0.05) is 6.07 Å². The molecule has 9 nitrogen and oxygen atoms in total. The molecule has 0 spiro atoms. The van der Waals surface area contributed by atoms with Gasteiger partial charge in [-0.15, -0.1) is 0 Å². The molecule has 0 radical (unpaired) electrons. The number of alkyl halides is 3. The lowest BCUT2D eigenvalue weighted by molar-refractivity contribution is -0.257. The first kappa shape index (κ1) is 31.0. The highest BCUT2D eigenvalue weighted by molar-refractivity contribution is 7.92. The SMILES string of the molecule is CC(C)(OC(=O)Cc1ccc2c(c1)N(S(=O)(=O)c1ccc(F)cc1)C[C@H](CCS(=O)(=O)N1CCCC1)O2)C(F)(F)F. The maximum Gasteiger partial charge on any atom is 0.427 e. The fourth-order valence-corrected chi connectivity index (χ4v) is 7.63. The summed E-state index contributed by atoms with van der Waals surface area (Å²) in [6.45, 7) is 1.98. The highest BCUT2D eigenvalue weighted by atomic mass is 32.2. The van der Waals surface area contributed by atoms with Crippen LogP contribution in [0.15, 0.2) is 47.4 Å². The van der Waals surface area contributed by atoms with Gasteiger partial charge < -0.3 is 9.47 Å². The van der Waals surface area contributed by atoms with Crippen molar-refractivity contribution in [3.63, 3.8) is 0 Å². The lowest BCUT2D eigenvalue weighted by Gasteiger charge is -2.36. The van der Waals surface area contributed by atoms with Crippen molar-refractivity contribution >= 4 is 31.7 Å². The molecule has 2 aliphatic rings. The average Bonchev–Trinajstić information content (AvgIpc) is 3.43. The highest BCUT2D eigenvalue weighted by Gasteiger charge is 2.50. The van der Waals surface area contributed by atoms with Gasteiger partial charge >= 0.3 is 12.1 Å². The van der Waals surface area contributed by atoms with Gasteiger partial charge in [0.15, 0.2) is 0 Å². The zero-order chi connectivity index (χ0) is 30.2. The van der Waals surface area contributed by atoms with E-state index in [1.54, 1.807) is 0 Å². The van der Waals surface area contributed by atoms with E-state index in [1.807, 2.05) is 0 Å². The van der Waals surface area contributed by atoms with Gasteiger partial charge in [0.25, 0.3) is 10.0 Å². The van der Waals surface area contributed by atoms with Crippen molar-refractivity contribution in [2.45, 2.75) is 62.3 Å². The van der Waals surface area contributed by atoms with E-state index in [9.17, 15) is 39.2 Å². The Hall–Kier alpha value is -2.91. The van der Waals surface area contributed by atoms with E-state index < -0.39 is 56.1 Å². The monoisotopic (exact) mass is 622 g/mol. The second kappa shape index (κ2) is 11.4. The molecule has 4 rings (SSSR count). The van der Waals surface area contributed by atoms with Crippen molar-refractivity contribution in [1.82, 2.24) is 4.31 Å². The summed E-state index contributed by atoms with van der Waals surface area (Å²) in [6.07, 6.45) is -4.75. The van der Waals surface area contributed by atoms with Gasteiger partial charge in [0.2, 0.25) is 15.6 Å². The number of ether oxygens (including phenoxy) is 2. The Labute approximate surface area is 236 Å². The normalized spacial score (nSPS) is 18.6. The fourth-order valence-electron chi connectivity index (χ4n) is 4.50. The lowest BCUT2D eigenvalue weighted by atomic mass is 10.1. The summed E-state index contributed by atoms with van der Waals surface area (Å²) in [5.41, 5.74) is -2.58. The zero-order valence-electron chi connectivity index (χ0n) is 22.4. The summed E-state index contributed by atoms with van der Waals surface area (Å²) in [4.78, 5) is 12.1. The number of carbonyl (C=O) groups excluding carboxylic acids is 1. The molecule has 0 bridgehead atoms. The van der Waals surface area contributed by atoms with Crippen LogP contribution in [0.4, 0.5) is 23.2 Å². The van der Waals surface area contributed by atoms with Crippen LogP contribution in [0, 0.1) is 5.82 Å². The molecule has 1 saturated heterocycles. The third kappa shape index (κ3) is 6.95. The number of fused-ring (bicyclic) bond motifs is 1. The smallest absolute Gasteiger partial charge is 0.427 e. The largest absolute Gasteiger partial charge is 0.486 e. The van der Waals surface area contributed by atoms with Gasteiger partial charge in [0.1, 0.15) is 17.7 Å². The number of carbonyl (C=O) groups is 1. The molecular weight excluding hydrogens is 592 g/mol. The molecule has 0 unspecified atom stereocenters. The third-order valence-electron chi connectivity index (χ3n) is 6.91. The van der Waals surface area contributed by atoms with Gasteiger partial charge in [0, 0.05) is 19.5 Å². The molecule has 1 fully saturated rings. The number of hydrogen-bond acceptors (Lipinski definition) is 7. The molecule has 1 atom stereocenters. The quantitative estimate of drug-likeness (QED) is 0.307. The standard InChI is InChI=1S/C26H30F4N2O7S2/c1-25(2,26(28,29)30)39-24(33)16-18-5-10-23-22(15-18)32(41(36,37)21-8-6-19(27)7-9-21)17-20(38-23)11-14-40(34,35)31-12-3-4-13-31/h5-10,15,20H,3-4,11-14,16-17H2,1-2H3/t20-/m0/s1. The van der Waals surface area contributed by atoms with Crippen LogP contribution in [0.1, 0.15) is 38.7 Å². The van der Waals surface area contributed by atoms with Crippen molar-refractivity contribution in [2.75, 3.05) is 29.7 Å².